The van der Waals surface area contributed by atoms with Gasteiger partial charge in [0, 0.05) is 12.6 Å². The SMILES string of the molecule is C=CCC1(CC(=O)O)CCN(Cc2cc(C(F)(F)F)ccc2C(F)(F)F)C(c2ccc(C(F)(F)F)cc2)C1. The van der Waals surface area contributed by atoms with Crippen molar-refractivity contribution in [3.05, 3.63) is 82.9 Å². The van der Waals surface area contributed by atoms with Crippen LogP contribution in [0, 0.1) is 5.41 Å². The first kappa shape index (κ1) is 29.5. The first-order chi connectivity index (χ1) is 17.4. The van der Waals surface area contributed by atoms with Crippen molar-refractivity contribution in [1.29, 1.82) is 0 Å². The van der Waals surface area contributed by atoms with E-state index in [2.05, 4.69) is 6.58 Å². The topological polar surface area (TPSA) is 40.5 Å². The molecule has 1 aliphatic rings. The summed E-state index contributed by atoms with van der Waals surface area (Å²) in [5.41, 5.74) is -4.74. The van der Waals surface area contributed by atoms with Crippen LogP contribution >= 0.6 is 0 Å². The Balaban J connectivity index is 2.08. The van der Waals surface area contributed by atoms with E-state index in [1.54, 1.807) is 0 Å². The molecule has 12 heteroatoms. The van der Waals surface area contributed by atoms with E-state index in [1.807, 2.05) is 0 Å². The zero-order chi connectivity index (χ0) is 28.5. The number of piperidine rings is 1. The first-order valence-electron chi connectivity index (χ1n) is 11.5. The second-order valence-electron chi connectivity index (χ2n) is 9.49. The highest BCUT2D eigenvalue weighted by atomic mass is 19.4. The van der Waals surface area contributed by atoms with Crippen molar-refractivity contribution in [3.8, 4) is 0 Å². The lowest BCUT2D eigenvalue weighted by atomic mass is 9.69. The van der Waals surface area contributed by atoms with Gasteiger partial charge >= 0.3 is 24.5 Å². The number of aliphatic carboxylic acids is 1. The maximum absolute atomic E-state index is 13.7. The molecule has 1 aliphatic heterocycles. The summed E-state index contributed by atoms with van der Waals surface area (Å²) in [5.74, 6) is -1.14. The highest BCUT2D eigenvalue weighted by molar-refractivity contribution is 5.67. The Kier molecular flexibility index (Phi) is 8.26. The molecule has 0 bridgehead atoms. The molecule has 3 rings (SSSR count). The van der Waals surface area contributed by atoms with E-state index in [0.717, 1.165) is 24.3 Å². The number of carbonyl (C=O) groups is 1. The van der Waals surface area contributed by atoms with Gasteiger partial charge in [0.25, 0.3) is 0 Å². The van der Waals surface area contributed by atoms with E-state index in [9.17, 15) is 49.4 Å². The molecule has 1 saturated heterocycles. The molecule has 2 aromatic carbocycles. The van der Waals surface area contributed by atoms with Crippen molar-refractivity contribution in [2.75, 3.05) is 6.54 Å². The van der Waals surface area contributed by atoms with Crippen molar-refractivity contribution in [2.24, 2.45) is 5.41 Å². The molecule has 0 amide bonds. The van der Waals surface area contributed by atoms with Crippen molar-refractivity contribution >= 4 is 5.97 Å². The van der Waals surface area contributed by atoms with E-state index >= 15 is 0 Å². The molecule has 1 heterocycles. The number of rotatable bonds is 7. The maximum Gasteiger partial charge on any atom is 0.416 e. The molecular formula is C26H24F9NO2. The van der Waals surface area contributed by atoms with E-state index in [1.165, 1.54) is 11.0 Å². The van der Waals surface area contributed by atoms with Crippen LogP contribution in [0.25, 0.3) is 0 Å². The smallest absolute Gasteiger partial charge is 0.416 e. The van der Waals surface area contributed by atoms with Crippen molar-refractivity contribution in [1.82, 2.24) is 4.90 Å². The van der Waals surface area contributed by atoms with Crippen LogP contribution in [0.3, 0.4) is 0 Å². The Morgan fingerprint density at radius 2 is 1.53 bits per heavy atom. The molecule has 208 valence electrons. The average Bonchev–Trinajstić information content (AvgIpc) is 2.78. The van der Waals surface area contributed by atoms with Gasteiger partial charge in [-0.05, 0) is 72.7 Å². The number of hydrogen-bond donors (Lipinski definition) is 1. The quantitative estimate of drug-likeness (QED) is 0.278. The third-order valence-electron chi connectivity index (χ3n) is 6.83. The van der Waals surface area contributed by atoms with E-state index < -0.39 is 64.8 Å². The molecule has 0 aliphatic carbocycles. The Morgan fingerprint density at radius 3 is 2.03 bits per heavy atom. The standard InChI is InChI=1S/C26H24F9NO2/c1-2-9-23(14-22(37)38)10-11-36(21(13-23)16-3-5-18(6-4-16)24(27,28)29)15-17-12-19(25(30,31)32)7-8-20(17)26(33,34)35/h2-8,12,21H,1,9-11,13-15H2,(H,37,38). The second-order valence-corrected chi connectivity index (χ2v) is 9.49. The molecule has 2 atom stereocenters. The number of benzene rings is 2. The van der Waals surface area contributed by atoms with Gasteiger partial charge in [-0.15, -0.1) is 6.58 Å². The number of allylic oxidation sites excluding steroid dienone is 1. The lowest BCUT2D eigenvalue weighted by molar-refractivity contribution is -0.142. The van der Waals surface area contributed by atoms with Crippen LogP contribution in [0.4, 0.5) is 39.5 Å². The Labute approximate surface area is 212 Å². The minimum Gasteiger partial charge on any atom is -0.481 e. The number of halogens is 9. The van der Waals surface area contributed by atoms with Crippen LogP contribution in [0.2, 0.25) is 0 Å². The molecule has 38 heavy (non-hydrogen) atoms. The van der Waals surface area contributed by atoms with Gasteiger partial charge in [-0.1, -0.05) is 18.2 Å². The number of nitrogens with zero attached hydrogens (tertiary/aromatic N) is 1. The summed E-state index contributed by atoms with van der Waals surface area (Å²) in [4.78, 5) is 13.1. The van der Waals surface area contributed by atoms with Crippen molar-refractivity contribution in [2.45, 2.75) is 56.8 Å². The summed E-state index contributed by atoms with van der Waals surface area (Å²) >= 11 is 0. The molecular weight excluding hydrogens is 529 g/mol. The van der Waals surface area contributed by atoms with Crippen molar-refractivity contribution in [3.63, 3.8) is 0 Å². The predicted octanol–water partition coefficient (Wildman–Crippen LogP) is 8.12. The first-order valence-corrected chi connectivity index (χ1v) is 11.5. The predicted molar refractivity (Wildman–Crippen MR) is 120 cm³/mol. The Bertz CT molecular complexity index is 1150. The highest BCUT2D eigenvalue weighted by Gasteiger charge is 2.43. The normalized spacial score (nSPS) is 21.3. The minimum atomic E-state index is -4.95. The van der Waals surface area contributed by atoms with Crippen LogP contribution < -0.4 is 0 Å². The molecule has 0 saturated carbocycles. The Hall–Kier alpha value is -3.02. The van der Waals surface area contributed by atoms with Gasteiger partial charge in [-0.25, -0.2) is 0 Å². The molecule has 1 fully saturated rings. The third-order valence-corrected chi connectivity index (χ3v) is 6.83. The van der Waals surface area contributed by atoms with Gasteiger partial charge in [-0.3, -0.25) is 9.69 Å². The number of carboxylic acid groups (broad SMARTS) is 1. The second kappa shape index (κ2) is 10.6. The monoisotopic (exact) mass is 553 g/mol. The van der Waals surface area contributed by atoms with Gasteiger partial charge in [0.1, 0.15) is 0 Å². The summed E-state index contributed by atoms with van der Waals surface area (Å²) in [5, 5.41) is 9.47. The summed E-state index contributed by atoms with van der Waals surface area (Å²) in [6, 6.07) is 4.19. The average molecular weight is 553 g/mol. The Morgan fingerprint density at radius 1 is 0.947 bits per heavy atom. The van der Waals surface area contributed by atoms with Gasteiger partial charge < -0.3 is 5.11 Å². The molecule has 3 nitrogen and oxygen atoms in total. The molecule has 0 aromatic heterocycles. The van der Waals surface area contributed by atoms with Gasteiger partial charge in [-0.2, -0.15) is 39.5 Å². The minimum absolute atomic E-state index is 0.000349. The number of likely N-dealkylation sites (tertiary alicyclic amines) is 1. The van der Waals surface area contributed by atoms with E-state index in [4.69, 9.17) is 0 Å². The number of carboxylic acids is 1. The molecule has 0 spiro atoms. The molecule has 2 aromatic rings. The number of hydrogen-bond acceptors (Lipinski definition) is 2. The zero-order valence-electron chi connectivity index (χ0n) is 19.9. The van der Waals surface area contributed by atoms with Crippen molar-refractivity contribution < 1.29 is 49.4 Å². The summed E-state index contributed by atoms with van der Waals surface area (Å²) < 4.78 is 120. The highest BCUT2D eigenvalue weighted by Crippen LogP contribution is 2.48. The molecule has 2 unspecified atom stereocenters. The third kappa shape index (κ3) is 6.89. The zero-order valence-corrected chi connectivity index (χ0v) is 19.9. The van der Waals surface area contributed by atoms with Crippen LogP contribution in [0.1, 0.15) is 59.5 Å². The molecule has 1 N–H and O–H groups in total. The molecule has 0 radical (unpaired) electrons. The largest absolute Gasteiger partial charge is 0.481 e. The summed E-state index contributed by atoms with van der Waals surface area (Å²) in [7, 11) is 0. The van der Waals surface area contributed by atoms with E-state index in [0.29, 0.717) is 18.2 Å². The number of alkyl halides is 9. The van der Waals surface area contributed by atoms with Crippen LogP contribution in [-0.4, -0.2) is 22.5 Å². The van der Waals surface area contributed by atoms with Crippen LogP contribution in [-0.2, 0) is 29.9 Å². The van der Waals surface area contributed by atoms with Gasteiger partial charge in [0.05, 0.1) is 23.1 Å². The van der Waals surface area contributed by atoms with Gasteiger partial charge in [0.2, 0.25) is 0 Å². The van der Waals surface area contributed by atoms with Crippen LogP contribution in [0.5, 0.6) is 0 Å². The lowest BCUT2D eigenvalue weighted by Gasteiger charge is -2.46. The van der Waals surface area contributed by atoms with E-state index in [-0.39, 0.29) is 37.8 Å². The fourth-order valence-electron chi connectivity index (χ4n) is 5.03. The summed E-state index contributed by atoms with van der Waals surface area (Å²) in [6.45, 7) is 3.06. The van der Waals surface area contributed by atoms with Crippen LogP contribution in [0.15, 0.2) is 55.1 Å². The summed E-state index contributed by atoms with van der Waals surface area (Å²) in [6.07, 6.45) is -12.9. The van der Waals surface area contributed by atoms with Gasteiger partial charge in [0.15, 0.2) is 0 Å². The fourth-order valence-corrected chi connectivity index (χ4v) is 5.03. The lowest BCUT2D eigenvalue weighted by Crippen LogP contribution is -2.43. The maximum atomic E-state index is 13.7. The fraction of sp³-hybridized carbons (Fsp3) is 0.423.